The Labute approximate surface area is 112 Å². The summed E-state index contributed by atoms with van der Waals surface area (Å²) < 4.78 is 4.91. The van der Waals surface area contributed by atoms with E-state index in [1.165, 1.54) is 7.11 Å². The third-order valence-corrected chi connectivity index (χ3v) is 2.92. The molecule has 0 heterocycles. The third-order valence-electron chi connectivity index (χ3n) is 2.92. The monoisotopic (exact) mass is 258 g/mol. The standard InChI is InChI=1S/C14H30N2O2/c1-11(2)8-9-16(6)10-14(5,13(17)18-7)15-12(3)4/h11-12,15H,8-10H2,1-7H3. The molecular formula is C14H30N2O2. The van der Waals surface area contributed by atoms with E-state index in [1.54, 1.807) is 0 Å². The SMILES string of the molecule is COC(=O)C(C)(CN(C)CCC(C)C)NC(C)C. The highest BCUT2D eigenvalue weighted by Crippen LogP contribution is 2.11. The number of rotatable bonds is 8. The molecule has 1 unspecified atom stereocenters. The lowest BCUT2D eigenvalue weighted by atomic mass is 10.00. The van der Waals surface area contributed by atoms with E-state index >= 15 is 0 Å². The molecule has 0 aliphatic heterocycles. The summed E-state index contributed by atoms with van der Waals surface area (Å²) in [4.78, 5) is 14.1. The second kappa shape index (κ2) is 7.74. The van der Waals surface area contributed by atoms with Gasteiger partial charge in [-0.15, -0.1) is 0 Å². The van der Waals surface area contributed by atoms with E-state index < -0.39 is 5.54 Å². The van der Waals surface area contributed by atoms with Gasteiger partial charge in [0.25, 0.3) is 0 Å². The number of hydrogen-bond acceptors (Lipinski definition) is 4. The van der Waals surface area contributed by atoms with Gasteiger partial charge in [0.2, 0.25) is 0 Å². The maximum Gasteiger partial charge on any atom is 0.327 e. The molecular weight excluding hydrogens is 228 g/mol. The molecule has 0 aromatic rings. The van der Waals surface area contributed by atoms with Crippen molar-refractivity contribution in [2.75, 3.05) is 27.2 Å². The number of hydrogen-bond donors (Lipinski definition) is 1. The fourth-order valence-electron chi connectivity index (χ4n) is 2.13. The van der Waals surface area contributed by atoms with E-state index in [1.807, 2.05) is 27.8 Å². The summed E-state index contributed by atoms with van der Waals surface area (Å²) in [6.45, 7) is 12.0. The summed E-state index contributed by atoms with van der Waals surface area (Å²) in [5, 5.41) is 3.31. The van der Waals surface area contributed by atoms with Gasteiger partial charge in [0.15, 0.2) is 0 Å². The maximum absolute atomic E-state index is 11.9. The van der Waals surface area contributed by atoms with Crippen LogP contribution in [0, 0.1) is 5.92 Å². The molecule has 1 atom stereocenters. The van der Waals surface area contributed by atoms with E-state index in [2.05, 4.69) is 24.1 Å². The lowest BCUT2D eigenvalue weighted by molar-refractivity contribution is -0.149. The molecule has 0 amide bonds. The van der Waals surface area contributed by atoms with E-state index in [9.17, 15) is 4.79 Å². The molecule has 0 aliphatic carbocycles. The topological polar surface area (TPSA) is 41.6 Å². The third kappa shape index (κ3) is 6.36. The average Bonchev–Trinajstić information content (AvgIpc) is 2.23. The summed E-state index contributed by atoms with van der Waals surface area (Å²) in [7, 11) is 3.49. The van der Waals surface area contributed by atoms with Crippen LogP contribution in [-0.2, 0) is 9.53 Å². The summed E-state index contributed by atoms with van der Waals surface area (Å²) in [6.07, 6.45) is 1.13. The van der Waals surface area contributed by atoms with Crippen LogP contribution in [0.3, 0.4) is 0 Å². The molecule has 0 radical (unpaired) electrons. The van der Waals surface area contributed by atoms with Gasteiger partial charge < -0.3 is 9.64 Å². The van der Waals surface area contributed by atoms with Crippen molar-refractivity contribution >= 4 is 5.97 Å². The molecule has 1 N–H and O–H groups in total. The van der Waals surface area contributed by atoms with Gasteiger partial charge in [-0.25, -0.2) is 0 Å². The van der Waals surface area contributed by atoms with Gasteiger partial charge in [-0.05, 0) is 46.7 Å². The van der Waals surface area contributed by atoms with Crippen LogP contribution in [-0.4, -0.2) is 49.7 Å². The first-order valence-corrected chi connectivity index (χ1v) is 6.76. The maximum atomic E-state index is 11.9. The predicted molar refractivity (Wildman–Crippen MR) is 75.6 cm³/mol. The zero-order valence-corrected chi connectivity index (χ0v) is 13.0. The zero-order chi connectivity index (χ0) is 14.3. The number of methoxy groups -OCH3 is 1. The van der Waals surface area contributed by atoms with E-state index in [-0.39, 0.29) is 12.0 Å². The molecule has 4 heteroatoms. The predicted octanol–water partition coefficient (Wildman–Crippen LogP) is 1.89. The molecule has 0 aliphatic rings. The molecule has 0 bridgehead atoms. The highest BCUT2D eigenvalue weighted by Gasteiger charge is 2.35. The number of likely N-dealkylation sites (N-methyl/N-ethyl adjacent to an activating group) is 1. The van der Waals surface area contributed by atoms with Crippen molar-refractivity contribution in [3.8, 4) is 0 Å². The van der Waals surface area contributed by atoms with Crippen LogP contribution in [0.5, 0.6) is 0 Å². The Kier molecular flexibility index (Phi) is 7.48. The summed E-state index contributed by atoms with van der Waals surface area (Å²) in [5.74, 6) is 0.475. The van der Waals surface area contributed by atoms with Crippen molar-refractivity contribution in [2.45, 2.75) is 52.6 Å². The van der Waals surface area contributed by atoms with E-state index in [0.29, 0.717) is 12.5 Å². The number of carbonyl (C=O) groups is 1. The number of carbonyl (C=O) groups excluding carboxylic acids is 1. The van der Waals surface area contributed by atoms with Crippen LogP contribution in [0.15, 0.2) is 0 Å². The van der Waals surface area contributed by atoms with Crippen molar-refractivity contribution in [3.63, 3.8) is 0 Å². The molecule has 0 spiro atoms. The molecule has 0 saturated carbocycles. The highest BCUT2D eigenvalue weighted by molar-refractivity contribution is 5.80. The number of esters is 1. The van der Waals surface area contributed by atoms with Gasteiger partial charge in [-0.3, -0.25) is 10.1 Å². The van der Waals surface area contributed by atoms with Gasteiger partial charge in [0, 0.05) is 12.6 Å². The minimum Gasteiger partial charge on any atom is -0.468 e. The van der Waals surface area contributed by atoms with Crippen molar-refractivity contribution in [3.05, 3.63) is 0 Å². The van der Waals surface area contributed by atoms with Crippen molar-refractivity contribution in [1.82, 2.24) is 10.2 Å². The highest BCUT2D eigenvalue weighted by atomic mass is 16.5. The minimum atomic E-state index is -0.644. The van der Waals surface area contributed by atoms with Gasteiger partial charge in [0.1, 0.15) is 5.54 Å². The fraction of sp³-hybridized carbons (Fsp3) is 0.929. The molecule has 0 aromatic carbocycles. The molecule has 0 saturated heterocycles. The van der Waals surface area contributed by atoms with Crippen molar-refractivity contribution in [2.24, 2.45) is 5.92 Å². The number of nitrogens with one attached hydrogen (secondary N) is 1. The molecule has 4 nitrogen and oxygen atoms in total. The molecule has 0 fully saturated rings. The minimum absolute atomic E-state index is 0.201. The first kappa shape index (κ1) is 17.4. The normalized spacial score (nSPS) is 15.2. The fourth-order valence-corrected chi connectivity index (χ4v) is 2.13. The lowest BCUT2D eigenvalue weighted by Gasteiger charge is -2.34. The number of nitrogens with zero attached hydrogens (tertiary/aromatic N) is 1. The smallest absolute Gasteiger partial charge is 0.327 e. The van der Waals surface area contributed by atoms with Gasteiger partial charge >= 0.3 is 5.97 Å². The van der Waals surface area contributed by atoms with Crippen LogP contribution in [0.1, 0.15) is 41.0 Å². The van der Waals surface area contributed by atoms with Crippen LogP contribution in [0.4, 0.5) is 0 Å². The average molecular weight is 258 g/mol. The Bertz CT molecular complexity index is 254. The van der Waals surface area contributed by atoms with Crippen molar-refractivity contribution < 1.29 is 9.53 Å². The molecule has 0 rings (SSSR count). The largest absolute Gasteiger partial charge is 0.468 e. The second-order valence-electron chi connectivity index (χ2n) is 6.04. The molecule has 108 valence electrons. The Balaban J connectivity index is 4.53. The second-order valence-corrected chi connectivity index (χ2v) is 6.04. The van der Waals surface area contributed by atoms with Gasteiger partial charge in [0.05, 0.1) is 7.11 Å². The number of ether oxygens (including phenoxy) is 1. The first-order chi connectivity index (χ1) is 8.21. The van der Waals surface area contributed by atoms with Crippen LogP contribution >= 0.6 is 0 Å². The van der Waals surface area contributed by atoms with Gasteiger partial charge in [-0.1, -0.05) is 13.8 Å². The molecule has 18 heavy (non-hydrogen) atoms. The van der Waals surface area contributed by atoms with Gasteiger partial charge in [-0.2, -0.15) is 0 Å². The summed E-state index contributed by atoms with van der Waals surface area (Å²) in [5.41, 5.74) is -0.644. The van der Waals surface area contributed by atoms with Crippen LogP contribution in [0.25, 0.3) is 0 Å². The lowest BCUT2D eigenvalue weighted by Crippen LogP contribution is -2.59. The Morgan fingerprint density at radius 1 is 1.33 bits per heavy atom. The molecule has 0 aromatic heterocycles. The quantitative estimate of drug-likeness (QED) is 0.675. The summed E-state index contributed by atoms with van der Waals surface area (Å²) in [6, 6.07) is 0.243. The first-order valence-electron chi connectivity index (χ1n) is 6.76. The van der Waals surface area contributed by atoms with Crippen LogP contribution < -0.4 is 5.32 Å². The Morgan fingerprint density at radius 3 is 2.28 bits per heavy atom. The Morgan fingerprint density at radius 2 is 1.89 bits per heavy atom. The van der Waals surface area contributed by atoms with Crippen molar-refractivity contribution in [1.29, 1.82) is 0 Å². The van der Waals surface area contributed by atoms with E-state index in [0.717, 1.165) is 13.0 Å². The Hall–Kier alpha value is -0.610. The van der Waals surface area contributed by atoms with Crippen LogP contribution in [0.2, 0.25) is 0 Å². The zero-order valence-electron chi connectivity index (χ0n) is 13.0. The summed E-state index contributed by atoms with van der Waals surface area (Å²) >= 11 is 0. The van der Waals surface area contributed by atoms with E-state index in [4.69, 9.17) is 4.74 Å².